The lowest BCUT2D eigenvalue weighted by Crippen LogP contribution is -2.32. The topological polar surface area (TPSA) is 121 Å². The lowest BCUT2D eigenvalue weighted by molar-refractivity contribution is 0.454. The van der Waals surface area contributed by atoms with Crippen LogP contribution < -0.4 is 10.2 Å². The van der Waals surface area contributed by atoms with Crippen molar-refractivity contribution in [3.8, 4) is 11.9 Å². The Labute approximate surface area is 170 Å². The standard InChI is InChI=1S/C16H14Cl2FN5O3S/c1-23(2)28(26,27)15-10(18)6-7-12(14(15)25)24(8-20)16(21)22-11-5-3-4-9(17)13(11)19/h3-7,25H,1-2H3,(H2,21,22). The molecule has 148 valence electrons. The number of benzene rings is 2. The van der Waals surface area contributed by atoms with E-state index in [2.05, 4.69) is 5.32 Å². The molecule has 2 aromatic rings. The van der Waals surface area contributed by atoms with Crippen LogP contribution in [-0.4, -0.2) is 37.9 Å². The molecule has 0 aromatic heterocycles. The van der Waals surface area contributed by atoms with E-state index in [4.69, 9.17) is 28.6 Å². The van der Waals surface area contributed by atoms with Crippen LogP contribution in [0.1, 0.15) is 0 Å². The number of guanidine groups is 1. The summed E-state index contributed by atoms with van der Waals surface area (Å²) in [6.07, 6.45) is 1.62. The molecule has 0 aliphatic carbocycles. The van der Waals surface area contributed by atoms with Crippen molar-refractivity contribution < 1.29 is 17.9 Å². The summed E-state index contributed by atoms with van der Waals surface area (Å²) in [4.78, 5) is -0.0561. The van der Waals surface area contributed by atoms with Crippen LogP contribution in [0.3, 0.4) is 0 Å². The summed E-state index contributed by atoms with van der Waals surface area (Å²) in [6, 6.07) is 6.33. The Balaban J connectivity index is 2.52. The van der Waals surface area contributed by atoms with Gasteiger partial charge in [0.15, 0.2) is 17.8 Å². The number of sulfonamides is 1. The first-order chi connectivity index (χ1) is 13.0. The van der Waals surface area contributed by atoms with Crippen LogP contribution in [-0.2, 0) is 10.0 Å². The van der Waals surface area contributed by atoms with Crippen molar-refractivity contribution >= 4 is 50.6 Å². The summed E-state index contributed by atoms with van der Waals surface area (Å²) in [7, 11) is -1.67. The van der Waals surface area contributed by atoms with Gasteiger partial charge in [0.05, 0.1) is 15.7 Å². The first-order valence-electron chi connectivity index (χ1n) is 7.45. The van der Waals surface area contributed by atoms with Gasteiger partial charge in [-0.25, -0.2) is 22.0 Å². The van der Waals surface area contributed by atoms with Crippen LogP contribution in [0.15, 0.2) is 35.2 Å². The number of halogens is 3. The molecule has 0 amide bonds. The number of nitriles is 1. The zero-order valence-corrected chi connectivity index (χ0v) is 16.9. The molecule has 0 aliphatic heterocycles. The Kier molecular flexibility index (Phi) is 6.36. The van der Waals surface area contributed by atoms with Crippen molar-refractivity contribution in [2.75, 3.05) is 24.3 Å². The molecule has 0 heterocycles. The van der Waals surface area contributed by atoms with E-state index in [1.807, 2.05) is 0 Å². The van der Waals surface area contributed by atoms with E-state index in [9.17, 15) is 23.2 Å². The zero-order chi connectivity index (χ0) is 21.2. The van der Waals surface area contributed by atoms with Gasteiger partial charge in [0, 0.05) is 14.1 Å². The summed E-state index contributed by atoms with van der Waals surface area (Å²) < 4.78 is 39.7. The highest BCUT2D eigenvalue weighted by Gasteiger charge is 2.29. The van der Waals surface area contributed by atoms with Crippen LogP contribution in [0.2, 0.25) is 10.0 Å². The average Bonchev–Trinajstić information content (AvgIpc) is 2.61. The number of anilines is 2. The van der Waals surface area contributed by atoms with E-state index < -0.39 is 32.4 Å². The number of nitrogens with zero attached hydrogens (tertiary/aromatic N) is 3. The first kappa shape index (κ1) is 21.7. The van der Waals surface area contributed by atoms with Crippen molar-refractivity contribution in [2.24, 2.45) is 0 Å². The summed E-state index contributed by atoms with van der Waals surface area (Å²) in [5.74, 6) is -2.33. The molecular formula is C16H14Cl2FN5O3S. The minimum Gasteiger partial charge on any atom is -0.504 e. The predicted molar refractivity (Wildman–Crippen MR) is 105 cm³/mol. The van der Waals surface area contributed by atoms with Gasteiger partial charge in [-0.3, -0.25) is 5.41 Å². The van der Waals surface area contributed by atoms with E-state index in [1.165, 1.54) is 32.3 Å². The van der Waals surface area contributed by atoms with Crippen molar-refractivity contribution in [3.63, 3.8) is 0 Å². The highest BCUT2D eigenvalue weighted by atomic mass is 35.5. The number of hydrogen-bond acceptors (Lipinski definition) is 5. The molecule has 0 spiro atoms. The predicted octanol–water partition coefficient (Wildman–Crippen LogP) is 3.42. The highest BCUT2D eigenvalue weighted by molar-refractivity contribution is 7.89. The second kappa shape index (κ2) is 8.20. The number of nitrogens with one attached hydrogen (secondary N) is 2. The lowest BCUT2D eigenvalue weighted by atomic mass is 10.2. The molecule has 0 unspecified atom stereocenters. The van der Waals surface area contributed by atoms with Crippen LogP contribution in [0, 0.1) is 22.7 Å². The molecule has 2 rings (SSSR count). The number of hydrogen-bond donors (Lipinski definition) is 3. The third-order valence-corrected chi connectivity index (χ3v) is 6.18. The lowest BCUT2D eigenvalue weighted by Gasteiger charge is -2.21. The third kappa shape index (κ3) is 3.98. The van der Waals surface area contributed by atoms with Crippen molar-refractivity contribution in [1.82, 2.24) is 4.31 Å². The molecule has 0 aliphatic rings. The largest absolute Gasteiger partial charge is 0.504 e. The van der Waals surface area contributed by atoms with Gasteiger partial charge >= 0.3 is 0 Å². The summed E-state index contributed by atoms with van der Waals surface area (Å²) in [5.41, 5.74) is -0.528. The van der Waals surface area contributed by atoms with Gasteiger partial charge in [-0.15, -0.1) is 0 Å². The number of phenolic OH excluding ortho intramolecular Hbond substituents is 1. The van der Waals surface area contributed by atoms with Crippen LogP contribution in [0.5, 0.6) is 5.75 Å². The van der Waals surface area contributed by atoms with Gasteiger partial charge in [-0.2, -0.15) is 5.26 Å². The fourth-order valence-electron chi connectivity index (χ4n) is 2.15. The number of rotatable bonds is 4. The fourth-order valence-corrected chi connectivity index (χ4v) is 3.80. The molecule has 0 radical (unpaired) electrons. The van der Waals surface area contributed by atoms with E-state index in [1.54, 1.807) is 6.19 Å². The minimum absolute atomic E-state index is 0.188. The SMILES string of the molecule is CN(C)S(=O)(=O)c1c(Cl)ccc(N(C#N)C(=N)Nc2cccc(Cl)c2F)c1O. The minimum atomic E-state index is -4.15. The third-order valence-electron chi connectivity index (χ3n) is 3.57. The van der Waals surface area contributed by atoms with Crippen molar-refractivity contribution in [3.05, 3.63) is 46.2 Å². The highest BCUT2D eigenvalue weighted by Crippen LogP contribution is 2.39. The molecule has 3 N–H and O–H groups in total. The van der Waals surface area contributed by atoms with E-state index in [-0.39, 0.29) is 21.4 Å². The molecule has 0 bridgehead atoms. The monoisotopic (exact) mass is 445 g/mol. The smallest absolute Gasteiger partial charge is 0.247 e. The molecule has 0 atom stereocenters. The quantitative estimate of drug-likeness (QED) is 0.287. The number of phenols is 1. The second-order valence-electron chi connectivity index (χ2n) is 5.54. The maximum atomic E-state index is 14.0. The molecule has 0 saturated heterocycles. The van der Waals surface area contributed by atoms with E-state index in [0.29, 0.717) is 4.90 Å². The Morgan fingerprint density at radius 2 is 1.89 bits per heavy atom. The Bertz CT molecular complexity index is 1090. The maximum absolute atomic E-state index is 14.0. The molecule has 2 aromatic carbocycles. The fraction of sp³-hybridized carbons (Fsp3) is 0.125. The van der Waals surface area contributed by atoms with Crippen LogP contribution in [0.4, 0.5) is 15.8 Å². The Morgan fingerprint density at radius 1 is 1.25 bits per heavy atom. The van der Waals surface area contributed by atoms with Crippen molar-refractivity contribution in [2.45, 2.75) is 4.90 Å². The van der Waals surface area contributed by atoms with Crippen LogP contribution in [0.25, 0.3) is 0 Å². The van der Waals surface area contributed by atoms with Gasteiger partial charge in [0.1, 0.15) is 10.6 Å². The summed E-state index contributed by atoms with van der Waals surface area (Å²) in [5, 5.41) is 29.8. The van der Waals surface area contributed by atoms with Crippen molar-refractivity contribution in [1.29, 1.82) is 10.7 Å². The molecule has 12 heteroatoms. The first-order valence-corrected chi connectivity index (χ1v) is 9.65. The van der Waals surface area contributed by atoms with Gasteiger partial charge in [0.25, 0.3) is 0 Å². The second-order valence-corrected chi connectivity index (χ2v) is 8.45. The number of aromatic hydroxyl groups is 1. The molecule has 8 nitrogen and oxygen atoms in total. The van der Waals surface area contributed by atoms with Gasteiger partial charge in [-0.05, 0) is 24.3 Å². The van der Waals surface area contributed by atoms with Gasteiger partial charge < -0.3 is 10.4 Å². The van der Waals surface area contributed by atoms with E-state index >= 15 is 0 Å². The van der Waals surface area contributed by atoms with Gasteiger partial charge in [-0.1, -0.05) is 29.3 Å². The van der Waals surface area contributed by atoms with E-state index in [0.717, 1.165) is 16.4 Å². The Morgan fingerprint density at radius 3 is 2.46 bits per heavy atom. The molecule has 28 heavy (non-hydrogen) atoms. The normalized spacial score (nSPS) is 11.2. The average molecular weight is 446 g/mol. The summed E-state index contributed by atoms with van der Waals surface area (Å²) in [6.45, 7) is 0. The van der Waals surface area contributed by atoms with Crippen LogP contribution >= 0.6 is 23.2 Å². The molecule has 0 saturated carbocycles. The molecular weight excluding hydrogens is 432 g/mol. The maximum Gasteiger partial charge on any atom is 0.247 e. The van der Waals surface area contributed by atoms with Gasteiger partial charge in [0.2, 0.25) is 16.0 Å². The zero-order valence-electron chi connectivity index (χ0n) is 14.5. The summed E-state index contributed by atoms with van der Waals surface area (Å²) >= 11 is 11.6. The Hall–Kier alpha value is -2.58. The molecule has 0 fully saturated rings.